The Balaban J connectivity index is 1.85. The standard InChI is InChI=1S/C16H16N6O2S/c1-18-14(23)12-4-2-3-11(21-12)13-8-20-16(25-13)22(9-17)15(24)10-5-6-19-7-10/h2-4,8,10,19H,5-7H2,1H3,(H,18,23). The van der Waals surface area contributed by atoms with E-state index < -0.39 is 0 Å². The number of anilines is 1. The summed E-state index contributed by atoms with van der Waals surface area (Å²) in [5.74, 6) is -0.740. The summed E-state index contributed by atoms with van der Waals surface area (Å²) < 4.78 is 0. The Labute approximate surface area is 148 Å². The van der Waals surface area contributed by atoms with E-state index in [-0.39, 0.29) is 17.7 Å². The number of carbonyl (C=O) groups is 2. The molecule has 3 heterocycles. The average Bonchev–Trinajstić information content (AvgIpc) is 3.34. The van der Waals surface area contributed by atoms with Gasteiger partial charge in [0.1, 0.15) is 5.69 Å². The van der Waals surface area contributed by atoms with Gasteiger partial charge in [0.2, 0.25) is 11.0 Å². The average molecular weight is 356 g/mol. The minimum Gasteiger partial charge on any atom is -0.354 e. The second kappa shape index (κ2) is 7.38. The number of nitriles is 1. The third kappa shape index (κ3) is 3.50. The Bertz CT molecular complexity index is 837. The van der Waals surface area contributed by atoms with E-state index in [0.29, 0.717) is 34.4 Å². The minimum atomic E-state index is -0.283. The predicted molar refractivity (Wildman–Crippen MR) is 92.8 cm³/mol. The summed E-state index contributed by atoms with van der Waals surface area (Å²) in [5, 5.41) is 15.3. The molecule has 0 bridgehead atoms. The number of thiazole rings is 1. The molecule has 1 saturated heterocycles. The first-order valence-corrected chi connectivity index (χ1v) is 8.55. The second-order valence-corrected chi connectivity index (χ2v) is 6.47. The Morgan fingerprint density at radius 3 is 3.00 bits per heavy atom. The van der Waals surface area contributed by atoms with Crippen LogP contribution < -0.4 is 15.5 Å². The SMILES string of the molecule is CNC(=O)c1cccc(-c2cnc(N(C#N)C(=O)C3CCNC3)s2)n1. The Morgan fingerprint density at radius 1 is 1.48 bits per heavy atom. The maximum absolute atomic E-state index is 12.5. The molecule has 1 atom stereocenters. The molecule has 9 heteroatoms. The Morgan fingerprint density at radius 2 is 2.32 bits per heavy atom. The largest absolute Gasteiger partial charge is 0.354 e. The van der Waals surface area contributed by atoms with E-state index in [1.807, 2.05) is 6.19 Å². The third-order valence-corrected chi connectivity index (χ3v) is 4.88. The molecular weight excluding hydrogens is 340 g/mol. The molecular formula is C16H16N6O2S. The predicted octanol–water partition coefficient (Wildman–Crippen LogP) is 0.988. The molecule has 25 heavy (non-hydrogen) atoms. The van der Waals surface area contributed by atoms with Crippen LogP contribution in [0, 0.1) is 17.4 Å². The molecule has 128 valence electrons. The summed E-state index contributed by atoms with van der Waals surface area (Å²) >= 11 is 1.19. The molecule has 3 rings (SSSR count). The van der Waals surface area contributed by atoms with E-state index in [1.165, 1.54) is 18.4 Å². The highest BCUT2D eigenvalue weighted by molar-refractivity contribution is 7.19. The summed E-state index contributed by atoms with van der Waals surface area (Å²) in [4.78, 5) is 34.4. The van der Waals surface area contributed by atoms with Crippen LogP contribution >= 0.6 is 11.3 Å². The number of nitrogens with one attached hydrogen (secondary N) is 2. The lowest BCUT2D eigenvalue weighted by Crippen LogP contribution is -2.33. The van der Waals surface area contributed by atoms with Crippen molar-refractivity contribution in [2.45, 2.75) is 6.42 Å². The zero-order valence-electron chi connectivity index (χ0n) is 13.5. The highest BCUT2D eigenvalue weighted by atomic mass is 32.1. The molecule has 8 nitrogen and oxygen atoms in total. The summed E-state index contributed by atoms with van der Waals surface area (Å²) in [7, 11) is 1.54. The first-order chi connectivity index (χ1) is 12.1. The van der Waals surface area contributed by atoms with E-state index in [9.17, 15) is 14.9 Å². The van der Waals surface area contributed by atoms with Crippen molar-refractivity contribution in [3.05, 3.63) is 30.1 Å². The van der Waals surface area contributed by atoms with Crippen LogP contribution in [0.3, 0.4) is 0 Å². The monoisotopic (exact) mass is 356 g/mol. The molecule has 2 aromatic heterocycles. The molecule has 1 fully saturated rings. The fraction of sp³-hybridized carbons (Fsp3) is 0.312. The molecule has 2 amide bonds. The van der Waals surface area contributed by atoms with Gasteiger partial charge in [-0.2, -0.15) is 10.2 Å². The number of rotatable bonds is 4. The van der Waals surface area contributed by atoms with Gasteiger partial charge in [0.05, 0.1) is 16.5 Å². The number of pyridine rings is 1. The summed E-state index contributed by atoms with van der Waals surface area (Å²) in [6.07, 6.45) is 4.19. The van der Waals surface area contributed by atoms with Gasteiger partial charge in [0.15, 0.2) is 6.19 Å². The summed E-state index contributed by atoms with van der Waals surface area (Å²) in [5.41, 5.74) is 0.859. The zero-order chi connectivity index (χ0) is 17.8. The van der Waals surface area contributed by atoms with Crippen molar-refractivity contribution < 1.29 is 9.59 Å². The van der Waals surface area contributed by atoms with Crippen molar-refractivity contribution in [1.29, 1.82) is 5.26 Å². The van der Waals surface area contributed by atoms with Gasteiger partial charge in [-0.3, -0.25) is 9.59 Å². The molecule has 0 saturated carbocycles. The Kier molecular flexibility index (Phi) is 5.02. The maximum atomic E-state index is 12.5. The van der Waals surface area contributed by atoms with Gasteiger partial charge >= 0.3 is 0 Å². The number of amides is 2. The van der Waals surface area contributed by atoms with Crippen LogP contribution in [0.15, 0.2) is 24.4 Å². The Hall–Kier alpha value is -2.83. The van der Waals surface area contributed by atoms with E-state index in [1.54, 1.807) is 24.4 Å². The summed E-state index contributed by atoms with van der Waals surface area (Å²) in [6, 6.07) is 5.09. The fourth-order valence-corrected chi connectivity index (χ4v) is 3.40. The molecule has 1 aliphatic rings. The smallest absolute Gasteiger partial charge is 0.269 e. The number of aromatic nitrogens is 2. The van der Waals surface area contributed by atoms with Crippen molar-refractivity contribution in [1.82, 2.24) is 20.6 Å². The topological polar surface area (TPSA) is 111 Å². The van der Waals surface area contributed by atoms with E-state index >= 15 is 0 Å². The number of hydrogen-bond donors (Lipinski definition) is 2. The number of nitrogens with zero attached hydrogens (tertiary/aromatic N) is 4. The van der Waals surface area contributed by atoms with Crippen LogP contribution in [-0.2, 0) is 4.79 Å². The highest BCUT2D eigenvalue weighted by Crippen LogP contribution is 2.31. The lowest BCUT2D eigenvalue weighted by Gasteiger charge is -2.14. The van der Waals surface area contributed by atoms with Crippen molar-refractivity contribution in [3.63, 3.8) is 0 Å². The molecule has 2 N–H and O–H groups in total. The quantitative estimate of drug-likeness (QED) is 0.624. The van der Waals surface area contributed by atoms with Crippen molar-refractivity contribution in [3.8, 4) is 16.8 Å². The van der Waals surface area contributed by atoms with Gasteiger partial charge < -0.3 is 10.6 Å². The van der Waals surface area contributed by atoms with Gasteiger partial charge in [-0.05, 0) is 25.1 Å². The van der Waals surface area contributed by atoms with Crippen LogP contribution in [-0.4, -0.2) is 41.9 Å². The van der Waals surface area contributed by atoms with Crippen molar-refractivity contribution in [2.75, 3.05) is 25.0 Å². The van der Waals surface area contributed by atoms with E-state index in [2.05, 4.69) is 20.6 Å². The first kappa shape index (κ1) is 17.0. The van der Waals surface area contributed by atoms with Gasteiger partial charge in [0, 0.05) is 19.8 Å². The minimum absolute atomic E-state index is 0.207. The van der Waals surface area contributed by atoms with Gasteiger partial charge in [-0.1, -0.05) is 17.4 Å². The normalized spacial score (nSPS) is 16.2. The summed E-state index contributed by atoms with van der Waals surface area (Å²) in [6.45, 7) is 1.35. The van der Waals surface area contributed by atoms with Crippen LogP contribution in [0.2, 0.25) is 0 Å². The second-order valence-electron chi connectivity index (χ2n) is 5.46. The van der Waals surface area contributed by atoms with Gasteiger partial charge in [-0.25, -0.2) is 9.97 Å². The number of carbonyl (C=O) groups excluding carboxylic acids is 2. The molecule has 0 aromatic carbocycles. The first-order valence-electron chi connectivity index (χ1n) is 7.73. The van der Waals surface area contributed by atoms with Crippen LogP contribution in [0.25, 0.3) is 10.6 Å². The van der Waals surface area contributed by atoms with Crippen molar-refractivity contribution in [2.24, 2.45) is 5.92 Å². The lowest BCUT2D eigenvalue weighted by atomic mass is 10.1. The third-order valence-electron chi connectivity index (χ3n) is 3.88. The van der Waals surface area contributed by atoms with Crippen LogP contribution in [0.4, 0.5) is 5.13 Å². The van der Waals surface area contributed by atoms with Crippen molar-refractivity contribution >= 4 is 28.3 Å². The molecule has 0 aliphatic carbocycles. The lowest BCUT2D eigenvalue weighted by molar-refractivity contribution is -0.121. The number of hydrogen-bond acceptors (Lipinski definition) is 7. The van der Waals surface area contributed by atoms with Gasteiger partial charge in [0.25, 0.3) is 5.91 Å². The molecule has 1 unspecified atom stereocenters. The van der Waals surface area contributed by atoms with Gasteiger partial charge in [-0.15, -0.1) is 0 Å². The molecule has 2 aromatic rings. The zero-order valence-corrected chi connectivity index (χ0v) is 14.3. The molecule has 0 radical (unpaired) electrons. The molecule has 0 spiro atoms. The highest BCUT2D eigenvalue weighted by Gasteiger charge is 2.30. The van der Waals surface area contributed by atoms with E-state index in [4.69, 9.17) is 0 Å². The van der Waals surface area contributed by atoms with E-state index in [0.717, 1.165) is 11.4 Å². The fourth-order valence-electron chi connectivity index (χ4n) is 2.55. The molecule has 1 aliphatic heterocycles. The van der Waals surface area contributed by atoms with Crippen LogP contribution in [0.1, 0.15) is 16.9 Å². The maximum Gasteiger partial charge on any atom is 0.269 e. The van der Waals surface area contributed by atoms with Crippen LogP contribution in [0.5, 0.6) is 0 Å².